The lowest BCUT2D eigenvalue weighted by molar-refractivity contribution is -0.137. The quantitative estimate of drug-likeness (QED) is 0.848. The van der Waals surface area contributed by atoms with Crippen LogP contribution in [0.5, 0.6) is 0 Å². The van der Waals surface area contributed by atoms with E-state index in [0.717, 1.165) is 37.8 Å². The van der Waals surface area contributed by atoms with Crippen LogP contribution in [-0.4, -0.2) is 50.6 Å². The molecule has 1 heterocycles. The second-order valence-corrected chi connectivity index (χ2v) is 7.01. The number of hydrogen-bond donors (Lipinski definition) is 1. The maximum absolute atomic E-state index is 13.0. The average molecular weight is 391 g/mol. The molecule has 0 aromatic heterocycles. The fourth-order valence-electron chi connectivity index (χ4n) is 3.28. The Morgan fingerprint density at radius 1 is 1.00 bits per heavy atom. The van der Waals surface area contributed by atoms with Crippen molar-refractivity contribution < 1.29 is 18.0 Å². The van der Waals surface area contributed by atoms with Gasteiger partial charge in [0, 0.05) is 38.4 Å². The van der Waals surface area contributed by atoms with E-state index in [1.165, 1.54) is 23.9 Å². The number of likely N-dealkylation sites (N-methyl/N-ethyl adjacent to an activating group) is 1. The molecule has 1 aliphatic heterocycles. The highest BCUT2D eigenvalue weighted by atomic mass is 19.4. The molecule has 1 aliphatic rings. The number of carbonyl (C=O) groups excluding carboxylic acids is 1. The molecule has 1 amide bonds. The summed E-state index contributed by atoms with van der Waals surface area (Å²) in [5, 5.41) is 2.59. The molecular formula is C21H24F3N3O. The highest BCUT2D eigenvalue weighted by Gasteiger charge is 2.34. The summed E-state index contributed by atoms with van der Waals surface area (Å²) in [5.74, 6) is -0.706. The molecule has 7 heteroatoms. The Morgan fingerprint density at radius 2 is 1.64 bits per heavy atom. The molecular weight excluding hydrogens is 367 g/mol. The summed E-state index contributed by atoms with van der Waals surface area (Å²) in [7, 11) is 2.11. The van der Waals surface area contributed by atoms with E-state index in [-0.39, 0.29) is 12.1 Å². The van der Waals surface area contributed by atoms with Crippen molar-refractivity contribution in [2.75, 3.05) is 44.7 Å². The molecule has 0 unspecified atom stereocenters. The van der Waals surface area contributed by atoms with Crippen LogP contribution in [0.25, 0.3) is 0 Å². The average Bonchev–Trinajstić information content (AvgIpc) is 2.68. The number of nitrogens with zero attached hydrogens (tertiary/aromatic N) is 2. The van der Waals surface area contributed by atoms with Gasteiger partial charge in [-0.2, -0.15) is 13.2 Å². The van der Waals surface area contributed by atoms with Gasteiger partial charge in [-0.3, -0.25) is 4.79 Å². The number of hydrogen-bond acceptors (Lipinski definition) is 3. The zero-order valence-electron chi connectivity index (χ0n) is 15.8. The molecule has 4 nitrogen and oxygen atoms in total. The lowest BCUT2D eigenvalue weighted by Gasteiger charge is -2.34. The number of nitrogens with one attached hydrogen (secondary N) is 1. The third-order valence-corrected chi connectivity index (χ3v) is 4.98. The maximum Gasteiger partial charge on any atom is 0.417 e. The van der Waals surface area contributed by atoms with Gasteiger partial charge in [-0.25, -0.2) is 0 Å². The molecule has 2 aromatic carbocycles. The van der Waals surface area contributed by atoms with Gasteiger partial charge in [-0.15, -0.1) is 0 Å². The summed E-state index contributed by atoms with van der Waals surface area (Å²) in [6, 6.07) is 13.0. The summed E-state index contributed by atoms with van der Waals surface area (Å²) in [5.41, 5.74) is 0.937. The zero-order valence-corrected chi connectivity index (χ0v) is 15.8. The van der Waals surface area contributed by atoms with Crippen molar-refractivity contribution in [1.29, 1.82) is 0 Å². The minimum atomic E-state index is -4.55. The number of alkyl halides is 3. The summed E-state index contributed by atoms with van der Waals surface area (Å²) < 4.78 is 39.1. The molecule has 0 radical (unpaired) electrons. The molecule has 0 bridgehead atoms. The molecule has 150 valence electrons. The Kier molecular flexibility index (Phi) is 6.24. The molecule has 1 saturated heterocycles. The van der Waals surface area contributed by atoms with Crippen LogP contribution in [0.4, 0.5) is 18.9 Å². The van der Waals surface area contributed by atoms with Crippen LogP contribution >= 0.6 is 0 Å². The molecule has 3 rings (SSSR count). The van der Waals surface area contributed by atoms with E-state index in [1.807, 2.05) is 12.1 Å². The van der Waals surface area contributed by atoms with Crippen molar-refractivity contribution >= 4 is 11.6 Å². The van der Waals surface area contributed by atoms with Crippen molar-refractivity contribution in [3.63, 3.8) is 0 Å². The fraction of sp³-hybridized carbons (Fsp3) is 0.381. The molecule has 2 aromatic rings. The lowest BCUT2D eigenvalue weighted by atomic mass is 10.1. The highest BCUT2D eigenvalue weighted by Crippen LogP contribution is 2.31. The van der Waals surface area contributed by atoms with Crippen LogP contribution in [0, 0.1) is 0 Å². The number of benzene rings is 2. The fourth-order valence-corrected chi connectivity index (χ4v) is 3.28. The molecule has 28 heavy (non-hydrogen) atoms. The van der Waals surface area contributed by atoms with Gasteiger partial charge in [-0.05, 0) is 43.3 Å². The first-order chi connectivity index (χ1) is 13.3. The molecule has 0 atom stereocenters. The molecule has 0 aliphatic carbocycles. The van der Waals surface area contributed by atoms with E-state index in [1.54, 1.807) is 0 Å². The molecule has 1 fully saturated rings. The minimum Gasteiger partial charge on any atom is -0.369 e. The smallest absolute Gasteiger partial charge is 0.369 e. The van der Waals surface area contributed by atoms with Crippen LogP contribution in [-0.2, 0) is 12.6 Å². The van der Waals surface area contributed by atoms with Crippen molar-refractivity contribution in [1.82, 2.24) is 10.2 Å². The molecule has 0 saturated carbocycles. The highest BCUT2D eigenvalue weighted by molar-refractivity contribution is 5.95. The van der Waals surface area contributed by atoms with E-state index in [4.69, 9.17) is 0 Å². The Bertz CT molecular complexity index is 797. The van der Waals surface area contributed by atoms with Crippen molar-refractivity contribution in [2.45, 2.75) is 12.6 Å². The van der Waals surface area contributed by atoms with Gasteiger partial charge in [0.15, 0.2) is 0 Å². The Hall–Kier alpha value is -2.54. The Balaban J connectivity index is 1.53. The third kappa shape index (κ3) is 5.04. The molecule has 1 N–H and O–H groups in total. The number of halogens is 3. The van der Waals surface area contributed by atoms with E-state index >= 15 is 0 Å². The first kappa shape index (κ1) is 20.2. The van der Waals surface area contributed by atoms with Crippen molar-refractivity contribution in [3.05, 3.63) is 65.2 Å². The summed E-state index contributed by atoms with van der Waals surface area (Å²) in [6.45, 7) is 4.33. The topological polar surface area (TPSA) is 35.6 Å². The first-order valence-electron chi connectivity index (χ1n) is 9.31. The number of piperazine rings is 1. The summed E-state index contributed by atoms with van der Waals surface area (Å²) in [4.78, 5) is 16.8. The minimum absolute atomic E-state index is 0.277. The van der Waals surface area contributed by atoms with Crippen LogP contribution in [0.2, 0.25) is 0 Å². The van der Waals surface area contributed by atoms with Gasteiger partial charge in [0.05, 0.1) is 11.1 Å². The van der Waals surface area contributed by atoms with E-state index in [0.29, 0.717) is 6.42 Å². The SMILES string of the molecule is CN1CCN(c2ccc(CCNC(=O)c3ccccc3C(F)(F)F)cc2)CC1. The van der Waals surface area contributed by atoms with E-state index in [9.17, 15) is 18.0 Å². The number of amides is 1. The normalized spacial score (nSPS) is 15.5. The second-order valence-electron chi connectivity index (χ2n) is 7.01. The van der Waals surface area contributed by atoms with Crippen molar-refractivity contribution in [3.8, 4) is 0 Å². The van der Waals surface area contributed by atoms with E-state index in [2.05, 4.69) is 34.3 Å². The van der Waals surface area contributed by atoms with Crippen LogP contribution in [0.15, 0.2) is 48.5 Å². The van der Waals surface area contributed by atoms with Crippen LogP contribution < -0.4 is 10.2 Å². The summed E-state index contributed by atoms with van der Waals surface area (Å²) in [6.07, 6.45) is -3.99. The van der Waals surface area contributed by atoms with Crippen molar-refractivity contribution in [2.24, 2.45) is 0 Å². The van der Waals surface area contributed by atoms with Gasteiger partial charge in [-0.1, -0.05) is 24.3 Å². The predicted octanol–water partition coefficient (Wildman–Crippen LogP) is 3.43. The number of carbonyl (C=O) groups is 1. The Morgan fingerprint density at radius 3 is 2.29 bits per heavy atom. The molecule has 0 spiro atoms. The van der Waals surface area contributed by atoms with Gasteiger partial charge in [0.1, 0.15) is 0 Å². The predicted molar refractivity (Wildman–Crippen MR) is 104 cm³/mol. The first-order valence-corrected chi connectivity index (χ1v) is 9.31. The van der Waals surface area contributed by atoms with Gasteiger partial charge < -0.3 is 15.1 Å². The summed E-state index contributed by atoms with van der Waals surface area (Å²) >= 11 is 0. The van der Waals surface area contributed by atoms with Crippen LogP contribution in [0.3, 0.4) is 0 Å². The lowest BCUT2D eigenvalue weighted by Crippen LogP contribution is -2.44. The monoisotopic (exact) mass is 391 g/mol. The van der Waals surface area contributed by atoms with Gasteiger partial charge in [0.2, 0.25) is 0 Å². The van der Waals surface area contributed by atoms with Gasteiger partial charge >= 0.3 is 6.18 Å². The standard InChI is InChI=1S/C21H24F3N3O/c1-26-12-14-27(15-13-26)17-8-6-16(7-9-17)10-11-25-20(28)18-4-2-3-5-19(18)21(22,23)24/h2-9H,10-15H2,1H3,(H,25,28). The van der Waals surface area contributed by atoms with Gasteiger partial charge in [0.25, 0.3) is 5.91 Å². The third-order valence-electron chi connectivity index (χ3n) is 4.98. The van der Waals surface area contributed by atoms with Crippen LogP contribution in [0.1, 0.15) is 21.5 Å². The van der Waals surface area contributed by atoms with E-state index < -0.39 is 17.6 Å². The number of anilines is 1. The largest absolute Gasteiger partial charge is 0.417 e. The number of rotatable bonds is 5. The second kappa shape index (κ2) is 8.65. The Labute approximate surface area is 162 Å². The zero-order chi connectivity index (χ0) is 20.1. The maximum atomic E-state index is 13.0.